The van der Waals surface area contributed by atoms with Crippen molar-refractivity contribution in [3.63, 3.8) is 0 Å². The van der Waals surface area contributed by atoms with Crippen LogP contribution in [0.1, 0.15) is 18.9 Å². The molecule has 0 atom stereocenters. The molecule has 0 fully saturated rings. The number of amides is 1. The van der Waals surface area contributed by atoms with Crippen LogP contribution in [0.4, 0.5) is 0 Å². The van der Waals surface area contributed by atoms with Gasteiger partial charge in [0.1, 0.15) is 6.54 Å². The number of halogens is 1. The van der Waals surface area contributed by atoms with Gasteiger partial charge in [0.2, 0.25) is 5.91 Å². The highest BCUT2D eigenvalue weighted by Gasteiger charge is 2.14. The predicted molar refractivity (Wildman–Crippen MR) is 107 cm³/mol. The molecular formula is C20H19ClN2O3S. The second-order valence-corrected chi connectivity index (χ2v) is 7.27. The molecular weight excluding hydrogens is 384 g/mol. The van der Waals surface area contributed by atoms with Gasteiger partial charge in [0.15, 0.2) is 4.80 Å². The summed E-state index contributed by atoms with van der Waals surface area (Å²) in [6, 6.07) is 15.3. The standard InChI is InChI=1S/C20H19ClN2O3S/c1-2-26-18(25)13-23-19-15(21)9-6-10-16(19)27-20(23)22-17(24)12-11-14-7-4-3-5-8-14/h3-10H,2,11-13H2,1H3. The Morgan fingerprint density at radius 2 is 1.93 bits per heavy atom. The lowest BCUT2D eigenvalue weighted by atomic mass is 10.1. The van der Waals surface area contributed by atoms with Crippen LogP contribution in [-0.4, -0.2) is 23.1 Å². The lowest BCUT2D eigenvalue weighted by molar-refractivity contribution is -0.143. The number of aromatic nitrogens is 1. The SMILES string of the molecule is CCOC(=O)Cn1c(=NC(=O)CCc2ccccc2)sc2cccc(Cl)c21. The molecule has 0 aliphatic heterocycles. The van der Waals surface area contributed by atoms with Crippen molar-refractivity contribution >= 4 is 45.0 Å². The minimum atomic E-state index is -0.393. The van der Waals surface area contributed by atoms with Gasteiger partial charge in [-0.2, -0.15) is 4.99 Å². The molecule has 27 heavy (non-hydrogen) atoms. The molecule has 0 bridgehead atoms. The Labute approximate surface area is 165 Å². The normalized spacial score (nSPS) is 11.7. The molecule has 7 heteroatoms. The van der Waals surface area contributed by atoms with Gasteiger partial charge in [0.25, 0.3) is 0 Å². The molecule has 3 aromatic rings. The summed E-state index contributed by atoms with van der Waals surface area (Å²) >= 11 is 7.65. The van der Waals surface area contributed by atoms with Crippen molar-refractivity contribution in [1.29, 1.82) is 0 Å². The molecule has 5 nitrogen and oxygen atoms in total. The molecule has 1 amide bonds. The van der Waals surface area contributed by atoms with Crippen LogP contribution < -0.4 is 4.80 Å². The maximum absolute atomic E-state index is 12.4. The first-order valence-corrected chi connectivity index (χ1v) is 9.83. The second kappa shape index (κ2) is 8.97. The van der Waals surface area contributed by atoms with Crippen molar-refractivity contribution in [3.8, 4) is 0 Å². The van der Waals surface area contributed by atoms with Gasteiger partial charge in [-0.1, -0.05) is 59.3 Å². The van der Waals surface area contributed by atoms with E-state index in [4.69, 9.17) is 16.3 Å². The van der Waals surface area contributed by atoms with E-state index in [1.807, 2.05) is 42.5 Å². The fourth-order valence-electron chi connectivity index (χ4n) is 2.71. The zero-order chi connectivity index (χ0) is 19.2. The molecule has 0 spiro atoms. The van der Waals surface area contributed by atoms with Gasteiger partial charge in [-0.15, -0.1) is 0 Å². The maximum Gasteiger partial charge on any atom is 0.326 e. The summed E-state index contributed by atoms with van der Waals surface area (Å²) in [6.07, 6.45) is 0.915. The monoisotopic (exact) mass is 402 g/mol. The molecule has 2 aromatic carbocycles. The lowest BCUT2D eigenvalue weighted by Gasteiger charge is -2.06. The summed E-state index contributed by atoms with van der Waals surface area (Å²) in [6.45, 7) is 2.00. The predicted octanol–water partition coefficient (Wildman–Crippen LogP) is 3.98. The van der Waals surface area contributed by atoms with Gasteiger partial charge in [-0.05, 0) is 31.0 Å². The summed E-state index contributed by atoms with van der Waals surface area (Å²) in [7, 11) is 0. The third-order valence-electron chi connectivity index (χ3n) is 3.94. The molecule has 0 aliphatic rings. The first kappa shape index (κ1) is 19.3. The number of nitrogens with zero attached hydrogens (tertiary/aromatic N) is 2. The number of ether oxygens (including phenoxy) is 1. The quantitative estimate of drug-likeness (QED) is 0.586. The van der Waals surface area contributed by atoms with E-state index < -0.39 is 5.97 Å². The van der Waals surface area contributed by atoms with Gasteiger partial charge in [-0.3, -0.25) is 9.59 Å². The highest BCUT2D eigenvalue weighted by atomic mass is 35.5. The molecule has 0 aliphatic carbocycles. The van der Waals surface area contributed by atoms with Gasteiger partial charge in [0.05, 0.1) is 21.8 Å². The number of thiazole rings is 1. The third-order valence-corrected chi connectivity index (χ3v) is 5.28. The van der Waals surface area contributed by atoms with E-state index in [-0.39, 0.29) is 19.1 Å². The highest BCUT2D eigenvalue weighted by molar-refractivity contribution is 7.16. The van der Waals surface area contributed by atoms with Crippen molar-refractivity contribution in [1.82, 2.24) is 4.57 Å². The number of rotatable bonds is 6. The van der Waals surface area contributed by atoms with E-state index in [1.54, 1.807) is 17.6 Å². The number of carbonyl (C=O) groups is 2. The van der Waals surface area contributed by atoms with E-state index in [1.165, 1.54) is 11.3 Å². The van der Waals surface area contributed by atoms with Crippen LogP contribution in [0.2, 0.25) is 5.02 Å². The first-order chi connectivity index (χ1) is 13.1. The van der Waals surface area contributed by atoms with Gasteiger partial charge < -0.3 is 9.30 Å². The number of fused-ring (bicyclic) bond motifs is 1. The van der Waals surface area contributed by atoms with Crippen molar-refractivity contribution in [2.45, 2.75) is 26.3 Å². The Balaban J connectivity index is 1.92. The minimum Gasteiger partial charge on any atom is -0.465 e. The molecule has 140 valence electrons. The Bertz CT molecular complexity index is 1020. The molecule has 0 saturated carbocycles. The molecule has 0 N–H and O–H groups in total. The Hall–Kier alpha value is -2.44. The van der Waals surface area contributed by atoms with E-state index in [2.05, 4.69) is 4.99 Å². The number of para-hydroxylation sites is 1. The summed E-state index contributed by atoms with van der Waals surface area (Å²) < 4.78 is 7.56. The minimum absolute atomic E-state index is 0.0393. The van der Waals surface area contributed by atoms with Crippen LogP contribution in [-0.2, 0) is 27.3 Å². The first-order valence-electron chi connectivity index (χ1n) is 8.63. The van der Waals surface area contributed by atoms with E-state index in [0.717, 1.165) is 10.3 Å². The summed E-state index contributed by atoms with van der Waals surface area (Å²) in [5.41, 5.74) is 1.77. The smallest absolute Gasteiger partial charge is 0.326 e. The van der Waals surface area contributed by atoms with Gasteiger partial charge >= 0.3 is 5.97 Å². The van der Waals surface area contributed by atoms with Crippen LogP contribution >= 0.6 is 22.9 Å². The van der Waals surface area contributed by atoms with E-state index in [0.29, 0.717) is 28.2 Å². The number of hydrogen-bond acceptors (Lipinski definition) is 4. The summed E-state index contributed by atoms with van der Waals surface area (Å²) in [4.78, 5) is 29.1. The van der Waals surface area contributed by atoms with Crippen LogP contribution in [0.15, 0.2) is 53.5 Å². The zero-order valence-corrected chi connectivity index (χ0v) is 16.4. The molecule has 0 saturated heterocycles. The number of esters is 1. The van der Waals surface area contributed by atoms with Crippen molar-refractivity contribution in [2.75, 3.05) is 6.61 Å². The molecule has 1 heterocycles. The average Bonchev–Trinajstić information content (AvgIpc) is 2.99. The van der Waals surface area contributed by atoms with Crippen molar-refractivity contribution < 1.29 is 14.3 Å². The second-order valence-electron chi connectivity index (χ2n) is 5.85. The summed E-state index contributed by atoms with van der Waals surface area (Å²) in [5.74, 6) is -0.630. The maximum atomic E-state index is 12.4. The zero-order valence-electron chi connectivity index (χ0n) is 14.9. The number of aryl methyl sites for hydroxylation is 1. The van der Waals surface area contributed by atoms with Crippen molar-refractivity contribution in [2.24, 2.45) is 4.99 Å². The Morgan fingerprint density at radius 1 is 1.15 bits per heavy atom. The molecule has 0 radical (unpaired) electrons. The Kier molecular flexibility index (Phi) is 6.42. The van der Waals surface area contributed by atoms with Gasteiger partial charge in [0, 0.05) is 6.42 Å². The topological polar surface area (TPSA) is 60.7 Å². The van der Waals surface area contributed by atoms with E-state index >= 15 is 0 Å². The fourth-order valence-corrected chi connectivity index (χ4v) is 4.12. The van der Waals surface area contributed by atoms with Crippen LogP contribution in [0.5, 0.6) is 0 Å². The molecule has 1 aromatic heterocycles. The molecule has 0 unspecified atom stereocenters. The fraction of sp³-hybridized carbons (Fsp3) is 0.250. The van der Waals surface area contributed by atoms with Crippen LogP contribution in [0.25, 0.3) is 10.2 Å². The third kappa shape index (κ3) is 4.84. The van der Waals surface area contributed by atoms with Gasteiger partial charge in [-0.25, -0.2) is 0 Å². The number of benzene rings is 2. The number of hydrogen-bond donors (Lipinski definition) is 0. The Morgan fingerprint density at radius 3 is 2.67 bits per heavy atom. The number of carbonyl (C=O) groups excluding carboxylic acids is 2. The summed E-state index contributed by atoms with van der Waals surface area (Å²) in [5, 5.41) is 0.506. The van der Waals surface area contributed by atoms with E-state index in [9.17, 15) is 9.59 Å². The lowest BCUT2D eigenvalue weighted by Crippen LogP contribution is -2.23. The highest BCUT2D eigenvalue weighted by Crippen LogP contribution is 2.25. The van der Waals surface area contributed by atoms with Crippen LogP contribution in [0.3, 0.4) is 0 Å². The average molecular weight is 403 g/mol. The largest absolute Gasteiger partial charge is 0.465 e. The molecule has 3 rings (SSSR count). The van der Waals surface area contributed by atoms with Crippen molar-refractivity contribution in [3.05, 3.63) is 63.9 Å². The van der Waals surface area contributed by atoms with Crippen LogP contribution in [0, 0.1) is 0 Å².